The molecule has 0 bridgehead atoms. The first-order valence-electron chi connectivity index (χ1n) is 11.3. The molecule has 0 radical (unpaired) electrons. The van der Waals surface area contributed by atoms with Gasteiger partial charge in [-0.15, -0.1) is 0 Å². The number of rotatable bonds is 7. The molecule has 2 heterocycles. The number of sulfonamides is 2. The van der Waals surface area contributed by atoms with Crippen LogP contribution in [0.1, 0.15) is 0 Å². The number of hydrogen-bond donors (Lipinski definition) is 0. The average Bonchev–Trinajstić information content (AvgIpc) is 2.89. The second kappa shape index (κ2) is 11.4. The predicted octanol–water partition coefficient (Wildman–Crippen LogP) is 8.27. The van der Waals surface area contributed by atoms with Crippen LogP contribution in [-0.4, -0.2) is 26.8 Å². The van der Waals surface area contributed by atoms with Gasteiger partial charge in [0, 0.05) is 15.4 Å². The first kappa shape index (κ1) is 29.7. The van der Waals surface area contributed by atoms with Gasteiger partial charge in [0.15, 0.2) is 0 Å². The summed E-state index contributed by atoms with van der Waals surface area (Å²) in [6.45, 7) is 0. The number of nitrogens with zero attached hydrogens (tertiary/aromatic N) is 3. The molecule has 15 heteroatoms. The molecule has 41 heavy (non-hydrogen) atoms. The molecule has 3 aromatic carbocycles. The van der Waals surface area contributed by atoms with Crippen LogP contribution in [0.2, 0.25) is 25.1 Å². The summed E-state index contributed by atoms with van der Waals surface area (Å²) in [7, 11) is -9.87. The zero-order valence-electron chi connectivity index (χ0n) is 20.2. The van der Waals surface area contributed by atoms with Crippen molar-refractivity contribution in [2.45, 2.75) is 9.79 Å². The van der Waals surface area contributed by atoms with Crippen molar-refractivity contribution >= 4 is 94.6 Å². The van der Waals surface area contributed by atoms with Crippen LogP contribution in [0.5, 0.6) is 11.6 Å². The Morgan fingerprint density at radius 1 is 0.634 bits per heavy atom. The molecular formula is C26H14Cl5N3O5S2. The number of para-hydroxylation sites is 1. The number of ether oxygens (including phenoxy) is 1. The molecule has 0 saturated carbocycles. The lowest BCUT2D eigenvalue weighted by atomic mass is 10.2. The van der Waals surface area contributed by atoms with E-state index in [-0.39, 0.29) is 34.7 Å². The maximum Gasteiger partial charge on any atom is 0.279 e. The normalized spacial score (nSPS) is 11.9. The van der Waals surface area contributed by atoms with Crippen LogP contribution >= 0.6 is 58.0 Å². The van der Waals surface area contributed by atoms with Gasteiger partial charge in [0.2, 0.25) is 5.88 Å². The minimum absolute atomic E-state index is 0.128. The summed E-state index contributed by atoms with van der Waals surface area (Å²) in [5, 5.41) is 0.235. The zero-order valence-corrected chi connectivity index (χ0v) is 25.6. The van der Waals surface area contributed by atoms with E-state index in [1.807, 2.05) is 24.3 Å². The van der Waals surface area contributed by atoms with Gasteiger partial charge in [0.1, 0.15) is 20.6 Å². The summed E-state index contributed by atoms with van der Waals surface area (Å²) in [4.78, 5) is 7.32. The third-order valence-corrected chi connectivity index (χ3v) is 11.5. The summed E-state index contributed by atoms with van der Waals surface area (Å²) in [6, 6.07) is 17.1. The Labute approximate surface area is 260 Å². The minimum Gasteiger partial charge on any atom is -0.436 e. The molecule has 2 aromatic heterocycles. The number of hydrogen-bond acceptors (Lipinski definition) is 7. The van der Waals surface area contributed by atoms with Gasteiger partial charge in [-0.2, -0.15) is 20.5 Å². The van der Waals surface area contributed by atoms with Crippen molar-refractivity contribution < 1.29 is 21.6 Å². The maximum absolute atomic E-state index is 13.9. The fourth-order valence-corrected chi connectivity index (χ4v) is 9.08. The Hall–Kier alpha value is -2.83. The smallest absolute Gasteiger partial charge is 0.279 e. The van der Waals surface area contributed by atoms with E-state index >= 15 is 0 Å². The molecule has 0 aliphatic heterocycles. The third kappa shape index (κ3) is 5.91. The monoisotopic (exact) mass is 687 g/mol. The van der Waals surface area contributed by atoms with Gasteiger partial charge in [0.05, 0.1) is 33.6 Å². The van der Waals surface area contributed by atoms with Crippen LogP contribution in [0.4, 0.5) is 5.69 Å². The quantitative estimate of drug-likeness (QED) is 0.169. The van der Waals surface area contributed by atoms with Crippen molar-refractivity contribution in [1.29, 1.82) is 0 Å². The third-order valence-electron chi connectivity index (χ3n) is 5.56. The number of pyridine rings is 2. The van der Waals surface area contributed by atoms with Gasteiger partial charge in [0.25, 0.3) is 20.0 Å². The Morgan fingerprint density at radius 3 is 1.78 bits per heavy atom. The van der Waals surface area contributed by atoms with E-state index < -0.39 is 35.5 Å². The van der Waals surface area contributed by atoms with Crippen molar-refractivity contribution in [2.24, 2.45) is 0 Å². The van der Waals surface area contributed by atoms with Crippen molar-refractivity contribution in [3.05, 3.63) is 110 Å². The molecule has 0 amide bonds. The lowest BCUT2D eigenvalue weighted by Gasteiger charge is -2.25. The molecule has 0 fully saturated rings. The largest absolute Gasteiger partial charge is 0.436 e. The molecular weight excluding hydrogens is 676 g/mol. The first-order valence-corrected chi connectivity index (χ1v) is 16.0. The van der Waals surface area contributed by atoms with Crippen molar-refractivity contribution in [3.8, 4) is 11.6 Å². The van der Waals surface area contributed by atoms with Gasteiger partial charge < -0.3 is 4.74 Å². The highest BCUT2D eigenvalue weighted by molar-refractivity contribution is 8.10. The Balaban J connectivity index is 1.63. The highest BCUT2D eigenvalue weighted by Gasteiger charge is 2.40. The van der Waals surface area contributed by atoms with Crippen LogP contribution in [0.15, 0.2) is 95.0 Å². The Morgan fingerprint density at radius 2 is 1.22 bits per heavy atom. The standard InChI is InChI=1S/C26H14Cl5N3O5S2/c27-16-5-7-24(20(29)10-16)40(35,36)34(41(37,38)25-8-6-17(28)11-21(25)30)18-12-22(31)26(33-13-18)39-19-9-15-3-1-2-4-23(15)32-14-19/h1-14H. The molecule has 0 aliphatic rings. The topological polar surface area (TPSA) is 107 Å². The summed E-state index contributed by atoms with van der Waals surface area (Å²) in [6.07, 6.45) is 2.43. The maximum atomic E-state index is 13.9. The van der Waals surface area contributed by atoms with Crippen LogP contribution in [0.25, 0.3) is 10.9 Å². The van der Waals surface area contributed by atoms with Crippen molar-refractivity contribution in [1.82, 2.24) is 9.97 Å². The molecule has 0 unspecified atom stereocenters. The van der Waals surface area contributed by atoms with Crippen LogP contribution in [0, 0.1) is 0 Å². The van der Waals surface area contributed by atoms with Crippen LogP contribution in [-0.2, 0) is 20.0 Å². The van der Waals surface area contributed by atoms with Gasteiger partial charge in [-0.1, -0.05) is 76.2 Å². The summed E-state index contributed by atoms with van der Waals surface area (Å²) >= 11 is 30.7. The number of anilines is 1. The second-order valence-electron chi connectivity index (χ2n) is 8.30. The van der Waals surface area contributed by atoms with E-state index in [1.54, 1.807) is 6.07 Å². The van der Waals surface area contributed by atoms with Gasteiger partial charge in [-0.05, 0) is 54.6 Å². The lowest BCUT2D eigenvalue weighted by molar-refractivity contribution is 0.462. The van der Waals surface area contributed by atoms with Crippen molar-refractivity contribution in [3.63, 3.8) is 0 Å². The second-order valence-corrected chi connectivity index (χ2v) is 14.1. The Bertz CT molecular complexity index is 1960. The highest BCUT2D eigenvalue weighted by atomic mass is 35.5. The molecule has 8 nitrogen and oxygen atoms in total. The molecule has 5 aromatic rings. The molecule has 0 N–H and O–H groups in total. The van der Waals surface area contributed by atoms with E-state index in [9.17, 15) is 16.8 Å². The van der Waals surface area contributed by atoms with Crippen LogP contribution < -0.4 is 8.45 Å². The van der Waals surface area contributed by atoms with E-state index in [0.29, 0.717) is 5.75 Å². The molecule has 0 spiro atoms. The Kier molecular flexibility index (Phi) is 8.28. The zero-order chi connectivity index (χ0) is 29.5. The molecule has 0 saturated heterocycles. The summed E-state index contributed by atoms with van der Waals surface area (Å²) in [5.41, 5.74) is 0.290. The minimum atomic E-state index is -4.93. The number of halogens is 5. The number of fused-ring (bicyclic) bond motifs is 1. The van der Waals surface area contributed by atoms with E-state index in [0.717, 1.165) is 47.4 Å². The highest BCUT2D eigenvalue weighted by Crippen LogP contribution is 2.39. The fraction of sp³-hybridized carbons (Fsp3) is 0. The predicted molar refractivity (Wildman–Crippen MR) is 161 cm³/mol. The molecule has 0 aliphatic carbocycles. The fourth-order valence-electron chi connectivity index (χ4n) is 3.76. The SMILES string of the molecule is O=S(=O)(c1ccc(Cl)cc1Cl)N(c1cnc(Oc2cnc3ccccc3c2)c(Cl)c1)S(=O)(=O)c1ccc(Cl)cc1Cl. The number of aromatic nitrogens is 2. The van der Waals surface area contributed by atoms with E-state index in [2.05, 4.69) is 9.97 Å². The van der Waals surface area contributed by atoms with Gasteiger partial charge >= 0.3 is 0 Å². The summed E-state index contributed by atoms with van der Waals surface area (Å²) in [5.74, 6) is 0.167. The first-order chi connectivity index (χ1) is 19.4. The summed E-state index contributed by atoms with van der Waals surface area (Å²) < 4.78 is 61.6. The molecule has 5 rings (SSSR count). The average molecular weight is 690 g/mol. The van der Waals surface area contributed by atoms with Crippen LogP contribution in [0.3, 0.4) is 0 Å². The van der Waals surface area contributed by atoms with E-state index in [4.69, 9.17) is 62.7 Å². The molecule has 0 atom stereocenters. The number of benzene rings is 3. The van der Waals surface area contributed by atoms with Gasteiger partial charge in [-0.25, -0.2) is 4.98 Å². The van der Waals surface area contributed by atoms with Crippen molar-refractivity contribution in [2.75, 3.05) is 3.71 Å². The lowest BCUT2D eigenvalue weighted by Crippen LogP contribution is -2.37. The van der Waals surface area contributed by atoms with E-state index in [1.165, 1.54) is 18.3 Å². The van der Waals surface area contributed by atoms with Gasteiger partial charge in [-0.3, -0.25) is 4.98 Å². The molecule has 210 valence electrons.